The summed E-state index contributed by atoms with van der Waals surface area (Å²) in [5, 5.41) is 2.47. The number of ether oxygens (including phenoxy) is 1. The maximum Gasteiger partial charge on any atom is 0.416 e. The van der Waals surface area contributed by atoms with Gasteiger partial charge in [-0.05, 0) is 35.7 Å². The molecule has 0 bridgehead atoms. The van der Waals surface area contributed by atoms with E-state index in [-0.39, 0.29) is 12.2 Å². The van der Waals surface area contributed by atoms with E-state index in [9.17, 15) is 22.8 Å². The molecule has 0 aliphatic carbocycles. The van der Waals surface area contributed by atoms with Crippen molar-refractivity contribution in [3.05, 3.63) is 65.2 Å². The van der Waals surface area contributed by atoms with E-state index in [0.717, 1.165) is 23.3 Å². The zero-order valence-electron chi connectivity index (χ0n) is 15.1. The Morgan fingerprint density at radius 2 is 1.86 bits per heavy atom. The minimum absolute atomic E-state index is 0.0480. The van der Waals surface area contributed by atoms with Gasteiger partial charge in [-0.15, -0.1) is 0 Å². The Kier molecular flexibility index (Phi) is 5.69. The van der Waals surface area contributed by atoms with Crippen LogP contribution in [0, 0.1) is 0 Å². The van der Waals surface area contributed by atoms with Crippen molar-refractivity contribution >= 4 is 17.6 Å². The average molecular weight is 392 g/mol. The number of fused-ring (bicyclic) bond motifs is 1. The van der Waals surface area contributed by atoms with Crippen molar-refractivity contribution in [2.45, 2.75) is 25.2 Å². The zero-order valence-corrected chi connectivity index (χ0v) is 15.1. The fourth-order valence-electron chi connectivity index (χ4n) is 3.27. The van der Waals surface area contributed by atoms with Gasteiger partial charge in [0.05, 0.1) is 19.2 Å². The molecule has 3 rings (SSSR count). The van der Waals surface area contributed by atoms with Gasteiger partial charge in [0, 0.05) is 12.2 Å². The van der Waals surface area contributed by atoms with Gasteiger partial charge in [-0.25, -0.2) is 0 Å². The van der Waals surface area contributed by atoms with E-state index in [1.54, 1.807) is 4.90 Å². The summed E-state index contributed by atoms with van der Waals surface area (Å²) in [7, 11) is 1.28. The number of alkyl halides is 3. The first-order chi connectivity index (χ1) is 13.3. The van der Waals surface area contributed by atoms with Crippen LogP contribution in [0.3, 0.4) is 0 Å². The molecule has 1 aliphatic heterocycles. The van der Waals surface area contributed by atoms with Crippen molar-refractivity contribution in [3.63, 3.8) is 0 Å². The minimum atomic E-state index is -4.49. The van der Waals surface area contributed by atoms with Crippen molar-refractivity contribution in [3.8, 4) is 0 Å². The molecule has 0 unspecified atom stereocenters. The second-order valence-corrected chi connectivity index (χ2v) is 6.54. The molecule has 2 aromatic rings. The van der Waals surface area contributed by atoms with E-state index in [1.165, 1.54) is 19.2 Å². The predicted octanol–water partition coefficient (Wildman–Crippen LogP) is 3.24. The van der Waals surface area contributed by atoms with E-state index in [0.29, 0.717) is 13.0 Å². The predicted molar refractivity (Wildman–Crippen MR) is 96.4 cm³/mol. The molecule has 1 heterocycles. The third kappa shape index (κ3) is 4.51. The number of benzene rings is 2. The third-order valence-electron chi connectivity index (χ3n) is 4.64. The summed E-state index contributed by atoms with van der Waals surface area (Å²) in [5.41, 5.74) is 1.21. The number of hydrogen-bond acceptors (Lipinski definition) is 4. The van der Waals surface area contributed by atoms with Gasteiger partial charge in [0.2, 0.25) is 5.91 Å². The van der Waals surface area contributed by atoms with Crippen LogP contribution in [0.25, 0.3) is 0 Å². The summed E-state index contributed by atoms with van der Waals surface area (Å²) in [5.74, 6) is -0.964. The van der Waals surface area contributed by atoms with Gasteiger partial charge in [-0.2, -0.15) is 13.2 Å². The molecule has 1 amide bonds. The van der Waals surface area contributed by atoms with E-state index < -0.39 is 29.7 Å². The van der Waals surface area contributed by atoms with Crippen LogP contribution in [-0.2, 0) is 33.5 Å². The number of esters is 1. The summed E-state index contributed by atoms with van der Waals surface area (Å²) in [4.78, 5) is 26.2. The summed E-state index contributed by atoms with van der Waals surface area (Å²) in [6.45, 7) is 0.219. The van der Waals surface area contributed by atoms with Crippen LogP contribution in [0.5, 0.6) is 0 Å². The van der Waals surface area contributed by atoms with Gasteiger partial charge in [0.15, 0.2) is 0 Å². The molecular weight excluding hydrogens is 373 g/mol. The molecule has 28 heavy (non-hydrogen) atoms. The molecule has 1 aliphatic rings. The van der Waals surface area contributed by atoms with Gasteiger partial charge < -0.3 is 10.1 Å². The highest BCUT2D eigenvalue weighted by molar-refractivity contribution is 5.92. The number of carbonyl (C=O) groups excluding carboxylic acids is 2. The van der Waals surface area contributed by atoms with Gasteiger partial charge in [0.1, 0.15) is 6.04 Å². The first-order valence-electron chi connectivity index (χ1n) is 8.63. The topological polar surface area (TPSA) is 58.6 Å². The summed E-state index contributed by atoms with van der Waals surface area (Å²) in [6.07, 6.45) is -4.09. The van der Waals surface area contributed by atoms with Crippen LogP contribution in [0.1, 0.15) is 16.7 Å². The smallest absolute Gasteiger partial charge is 0.416 e. The number of nitrogens with zero attached hydrogens (tertiary/aromatic N) is 1. The van der Waals surface area contributed by atoms with Crippen molar-refractivity contribution < 1.29 is 27.5 Å². The fraction of sp³-hybridized carbons (Fsp3) is 0.300. The molecule has 0 radical (unpaired) electrons. The number of hydrogen-bond donors (Lipinski definition) is 1. The van der Waals surface area contributed by atoms with E-state index in [1.807, 2.05) is 24.3 Å². The normalized spacial score (nSPS) is 16.9. The first kappa shape index (κ1) is 19.9. The minimum Gasteiger partial charge on any atom is -0.468 e. The lowest BCUT2D eigenvalue weighted by atomic mass is 9.94. The number of anilines is 1. The van der Waals surface area contributed by atoms with E-state index in [4.69, 9.17) is 4.74 Å². The Morgan fingerprint density at radius 3 is 2.54 bits per heavy atom. The van der Waals surface area contributed by atoms with Crippen LogP contribution >= 0.6 is 0 Å². The largest absolute Gasteiger partial charge is 0.468 e. The lowest BCUT2D eigenvalue weighted by Crippen LogP contribution is -2.49. The molecule has 0 saturated heterocycles. The highest BCUT2D eigenvalue weighted by Gasteiger charge is 2.34. The van der Waals surface area contributed by atoms with Crippen LogP contribution in [-0.4, -0.2) is 36.5 Å². The molecule has 8 heteroatoms. The molecule has 148 valence electrons. The monoisotopic (exact) mass is 392 g/mol. The second kappa shape index (κ2) is 8.02. The van der Waals surface area contributed by atoms with Gasteiger partial charge in [-0.1, -0.05) is 30.3 Å². The van der Waals surface area contributed by atoms with Gasteiger partial charge in [0.25, 0.3) is 0 Å². The molecule has 1 atom stereocenters. The highest BCUT2D eigenvalue weighted by atomic mass is 19.4. The van der Waals surface area contributed by atoms with E-state index >= 15 is 0 Å². The van der Waals surface area contributed by atoms with Crippen molar-refractivity contribution in [2.75, 3.05) is 19.0 Å². The Morgan fingerprint density at radius 1 is 1.14 bits per heavy atom. The zero-order chi connectivity index (χ0) is 20.3. The van der Waals surface area contributed by atoms with Crippen molar-refractivity contribution in [2.24, 2.45) is 0 Å². The SMILES string of the molecule is COC(=O)[C@H]1Cc2ccccc2CN1CC(=O)Nc1cccc(C(F)(F)F)c1. The van der Waals surface area contributed by atoms with E-state index in [2.05, 4.69) is 5.32 Å². The van der Waals surface area contributed by atoms with Crippen LogP contribution in [0.2, 0.25) is 0 Å². The van der Waals surface area contributed by atoms with Crippen LogP contribution in [0.15, 0.2) is 48.5 Å². The third-order valence-corrected chi connectivity index (χ3v) is 4.64. The Balaban J connectivity index is 1.74. The van der Waals surface area contributed by atoms with Crippen LogP contribution in [0.4, 0.5) is 18.9 Å². The maximum atomic E-state index is 12.8. The standard InChI is InChI=1S/C20H19F3N2O3/c1-28-19(27)17-9-13-5-2-3-6-14(13)11-25(17)12-18(26)24-16-8-4-7-15(10-16)20(21,22)23/h2-8,10,17H,9,11-12H2,1H3,(H,24,26)/t17-/m1/s1. The number of rotatable bonds is 4. The molecule has 5 nitrogen and oxygen atoms in total. The number of nitrogens with one attached hydrogen (secondary N) is 1. The average Bonchev–Trinajstić information content (AvgIpc) is 2.66. The van der Waals surface area contributed by atoms with Crippen LogP contribution < -0.4 is 5.32 Å². The first-order valence-corrected chi connectivity index (χ1v) is 8.63. The number of carbonyl (C=O) groups is 2. The van der Waals surface area contributed by atoms with Gasteiger partial charge in [-0.3, -0.25) is 14.5 Å². The Bertz CT molecular complexity index is 883. The fourth-order valence-corrected chi connectivity index (χ4v) is 3.27. The lowest BCUT2D eigenvalue weighted by Gasteiger charge is -2.34. The number of methoxy groups -OCH3 is 1. The molecule has 0 saturated carbocycles. The molecule has 0 fully saturated rings. The Labute approximate surface area is 160 Å². The lowest BCUT2D eigenvalue weighted by molar-refractivity contribution is -0.148. The summed E-state index contributed by atoms with van der Waals surface area (Å²) < 4.78 is 43.3. The van der Waals surface area contributed by atoms with Crippen molar-refractivity contribution in [1.82, 2.24) is 4.90 Å². The Hall–Kier alpha value is -2.87. The second-order valence-electron chi connectivity index (χ2n) is 6.54. The highest BCUT2D eigenvalue weighted by Crippen LogP contribution is 2.30. The number of halogens is 3. The van der Waals surface area contributed by atoms with Gasteiger partial charge >= 0.3 is 12.1 Å². The number of amides is 1. The molecule has 0 spiro atoms. The molecule has 0 aromatic heterocycles. The molecule has 2 aromatic carbocycles. The molecule has 1 N–H and O–H groups in total. The van der Waals surface area contributed by atoms with Crippen molar-refractivity contribution in [1.29, 1.82) is 0 Å². The quantitative estimate of drug-likeness (QED) is 0.812. The molecular formula is C20H19F3N2O3. The maximum absolute atomic E-state index is 12.8. The summed E-state index contributed by atoms with van der Waals surface area (Å²) >= 11 is 0. The summed E-state index contributed by atoms with van der Waals surface area (Å²) in [6, 6.07) is 11.4.